The summed E-state index contributed by atoms with van der Waals surface area (Å²) in [7, 11) is 1.60. The minimum Gasteiger partial charge on any atom is -0.497 e. The van der Waals surface area contributed by atoms with Crippen LogP contribution < -0.4 is 10.5 Å². The average molecular weight is 258 g/mol. The van der Waals surface area contributed by atoms with E-state index < -0.39 is 5.60 Å². The van der Waals surface area contributed by atoms with Crippen molar-refractivity contribution in [3.63, 3.8) is 0 Å². The molecule has 0 fully saturated rings. The smallest absolute Gasteiger partial charge is 0.119 e. The second-order valence-electron chi connectivity index (χ2n) is 4.76. The lowest BCUT2D eigenvalue weighted by atomic mass is 9.89. The molecular weight excluding hydrogens is 240 g/mol. The SMILES string of the molecule is COc1cccc(C(C)(O)Cc2cnccc2N)c1. The molecule has 1 heterocycles. The van der Waals surface area contributed by atoms with E-state index in [4.69, 9.17) is 10.5 Å². The minimum absolute atomic E-state index is 0.403. The van der Waals surface area contributed by atoms with Gasteiger partial charge in [-0.1, -0.05) is 12.1 Å². The number of rotatable bonds is 4. The van der Waals surface area contributed by atoms with Gasteiger partial charge in [-0.05, 0) is 36.2 Å². The first-order valence-electron chi connectivity index (χ1n) is 6.08. The number of benzene rings is 1. The second-order valence-corrected chi connectivity index (χ2v) is 4.76. The van der Waals surface area contributed by atoms with Gasteiger partial charge in [-0.3, -0.25) is 4.98 Å². The number of nitrogen functional groups attached to an aromatic ring is 1. The number of aliphatic hydroxyl groups is 1. The summed E-state index contributed by atoms with van der Waals surface area (Å²) in [6, 6.07) is 9.13. The fraction of sp³-hybridized carbons (Fsp3) is 0.267. The van der Waals surface area contributed by atoms with Gasteiger partial charge in [0.15, 0.2) is 0 Å². The van der Waals surface area contributed by atoms with E-state index in [1.165, 1.54) is 0 Å². The van der Waals surface area contributed by atoms with Gasteiger partial charge in [-0.2, -0.15) is 0 Å². The third-order valence-corrected chi connectivity index (χ3v) is 3.17. The zero-order valence-corrected chi connectivity index (χ0v) is 11.1. The quantitative estimate of drug-likeness (QED) is 0.881. The van der Waals surface area contributed by atoms with Crippen LogP contribution in [0.15, 0.2) is 42.7 Å². The van der Waals surface area contributed by atoms with Crippen molar-refractivity contribution in [1.29, 1.82) is 0 Å². The Bertz CT molecular complexity index is 568. The second kappa shape index (κ2) is 5.28. The van der Waals surface area contributed by atoms with Crippen LogP contribution >= 0.6 is 0 Å². The summed E-state index contributed by atoms with van der Waals surface area (Å²) in [5.41, 5.74) is 7.12. The molecule has 2 rings (SSSR count). The van der Waals surface area contributed by atoms with Crippen molar-refractivity contribution >= 4 is 5.69 Å². The highest BCUT2D eigenvalue weighted by atomic mass is 16.5. The Kier molecular flexibility index (Phi) is 3.71. The molecule has 4 heteroatoms. The van der Waals surface area contributed by atoms with Gasteiger partial charge in [-0.15, -0.1) is 0 Å². The van der Waals surface area contributed by atoms with E-state index in [0.29, 0.717) is 12.1 Å². The summed E-state index contributed by atoms with van der Waals surface area (Å²) in [6.07, 6.45) is 3.73. The fourth-order valence-electron chi connectivity index (χ4n) is 2.02. The highest BCUT2D eigenvalue weighted by molar-refractivity contribution is 5.46. The maximum Gasteiger partial charge on any atom is 0.119 e. The standard InChI is InChI=1S/C15H18N2O2/c1-15(18,9-11-10-17-7-6-14(11)16)12-4-3-5-13(8-12)19-2/h3-8,10,18H,9H2,1-2H3,(H2,16,17). The highest BCUT2D eigenvalue weighted by Gasteiger charge is 2.25. The first-order chi connectivity index (χ1) is 9.03. The lowest BCUT2D eigenvalue weighted by Crippen LogP contribution is -2.24. The van der Waals surface area contributed by atoms with Gasteiger partial charge >= 0.3 is 0 Å². The predicted molar refractivity (Wildman–Crippen MR) is 74.9 cm³/mol. The maximum atomic E-state index is 10.6. The third kappa shape index (κ3) is 3.03. The number of ether oxygens (including phenoxy) is 1. The van der Waals surface area contributed by atoms with Gasteiger partial charge in [0.05, 0.1) is 12.7 Å². The van der Waals surface area contributed by atoms with E-state index >= 15 is 0 Å². The molecule has 0 aliphatic heterocycles. The van der Waals surface area contributed by atoms with E-state index in [1.807, 2.05) is 24.3 Å². The van der Waals surface area contributed by atoms with E-state index in [9.17, 15) is 5.11 Å². The topological polar surface area (TPSA) is 68.4 Å². The first-order valence-corrected chi connectivity index (χ1v) is 6.08. The van der Waals surface area contributed by atoms with Crippen molar-refractivity contribution in [3.05, 3.63) is 53.9 Å². The van der Waals surface area contributed by atoms with Crippen LogP contribution in [0.2, 0.25) is 0 Å². The molecule has 0 spiro atoms. The van der Waals surface area contributed by atoms with Crippen molar-refractivity contribution in [2.24, 2.45) is 0 Å². The Morgan fingerprint density at radius 1 is 1.37 bits per heavy atom. The zero-order chi connectivity index (χ0) is 13.9. The highest BCUT2D eigenvalue weighted by Crippen LogP contribution is 2.29. The normalized spacial score (nSPS) is 13.8. The van der Waals surface area contributed by atoms with Gasteiger partial charge in [0, 0.05) is 24.5 Å². The van der Waals surface area contributed by atoms with Crippen LogP contribution in [0.25, 0.3) is 0 Å². The van der Waals surface area contributed by atoms with Crippen molar-refractivity contribution in [1.82, 2.24) is 4.98 Å². The molecule has 0 aliphatic carbocycles. The van der Waals surface area contributed by atoms with Crippen LogP contribution in [0.4, 0.5) is 5.69 Å². The lowest BCUT2D eigenvalue weighted by Gasteiger charge is -2.25. The molecule has 19 heavy (non-hydrogen) atoms. The molecule has 0 saturated heterocycles. The summed E-state index contributed by atoms with van der Waals surface area (Å²) in [6.45, 7) is 1.76. The van der Waals surface area contributed by atoms with E-state index in [2.05, 4.69) is 4.98 Å². The summed E-state index contributed by atoms with van der Waals surface area (Å²) in [5.74, 6) is 0.719. The molecule has 4 nitrogen and oxygen atoms in total. The van der Waals surface area contributed by atoms with Crippen molar-refractivity contribution < 1.29 is 9.84 Å². The number of anilines is 1. The number of nitrogens with two attached hydrogens (primary N) is 1. The van der Waals surface area contributed by atoms with Gasteiger partial charge in [0.2, 0.25) is 0 Å². The largest absolute Gasteiger partial charge is 0.497 e. The molecule has 1 aromatic heterocycles. The number of pyridine rings is 1. The summed E-state index contributed by atoms with van der Waals surface area (Å²) in [4.78, 5) is 4.04. The Balaban J connectivity index is 2.29. The number of nitrogens with zero attached hydrogens (tertiary/aromatic N) is 1. The molecule has 2 aromatic rings. The van der Waals surface area contributed by atoms with Crippen LogP contribution in [0.5, 0.6) is 5.75 Å². The maximum absolute atomic E-state index is 10.6. The number of hydrogen-bond acceptors (Lipinski definition) is 4. The summed E-state index contributed by atoms with van der Waals surface area (Å²) < 4.78 is 5.18. The van der Waals surface area contributed by atoms with Gasteiger partial charge in [-0.25, -0.2) is 0 Å². The third-order valence-electron chi connectivity index (χ3n) is 3.17. The summed E-state index contributed by atoms with van der Waals surface area (Å²) >= 11 is 0. The summed E-state index contributed by atoms with van der Waals surface area (Å²) in [5, 5.41) is 10.6. The van der Waals surface area contributed by atoms with Gasteiger partial charge in [0.25, 0.3) is 0 Å². The molecule has 1 unspecified atom stereocenters. The molecule has 0 saturated carbocycles. The Morgan fingerprint density at radius 3 is 2.84 bits per heavy atom. The molecule has 0 bridgehead atoms. The van der Waals surface area contributed by atoms with Gasteiger partial charge in [0.1, 0.15) is 5.75 Å². The van der Waals surface area contributed by atoms with Crippen molar-refractivity contribution in [3.8, 4) is 5.75 Å². The number of hydrogen-bond donors (Lipinski definition) is 2. The van der Waals surface area contributed by atoms with E-state index in [1.54, 1.807) is 32.5 Å². The lowest BCUT2D eigenvalue weighted by molar-refractivity contribution is 0.0575. The van der Waals surface area contributed by atoms with Crippen LogP contribution in [-0.2, 0) is 12.0 Å². The average Bonchev–Trinajstić information content (AvgIpc) is 2.41. The van der Waals surface area contributed by atoms with Crippen molar-refractivity contribution in [2.45, 2.75) is 18.9 Å². The Hall–Kier alpha value is -2.07. The fourth-order valence-corrected chi connectivity index (χ4v) is 2.02. The van der Waals surface area contributed by atoms with Crippen LogP contribution in [0.1, 0.15) is 18.1 Å². The Labute approximate surface area is 112 Å². The number of methoxy groups -OCH3 is 1. The Morgan fingerprint density at radius 2 is 2.16 bits per heavy atom. The van der Waals surface area contributed by atoms with E-state index in [0.717, 1.165) is 16.9 Å². The molecule has 0 radical (unpaired) electrons. The van der Waals surface area contributed by atoms with Crippen molar-refractivity contribution in [2.75, 3.05) is 12.8 Å². The zero-order valence-electron chi connectivity index (χ0n) is 11.1. The van der Waals surface area contributed by atoms with Crippen LogP contribution in [0, 0.1) is 0 Å². The molecular formula is C15H18N2O2. The minimum atomic E-state index is -1.02. The molecule has 3 N–H and O–H groups in total. The first kappa shape index (κ1) is 13.4. The predicted octanol–water partition coefficient (Wildman–Crippen LogP) is 2.12. The molecule has 0 amide bonds. The van der Waals surface area contributed by atoms with Crippen LogP contribution in [-0.4, -0.2) is 17.2 Å². The monoisotopic (exact) mass is 258 g/mol. The molecule has 0 aliphatic rings. The number of aromatic nitrogens is 1. The molecule has 1 atom stereocenters. The van der Waals surface area contributed by atoms with Crippen LogP contribution in [0.3, 0.4) is 0 Å². The van der Waals surface area contributed by atoms with Gasteiger partial charge < -0.3 is 15.6 Å². The molecule has 100 valence electrons. The molecule has 1 aromatic carbocycles. The van der Waals surface area contributed by atoms with E-state index in [-0.39, 0.29) is 0 Å².